The lowest BCUT2D eigenvalue weighted by Gasteiger charge is -2.32. The number of nitrogens with zero attached hydrogens (tertiary/aromatic N) is 1. The maximum Gasteiger partial charge on any atom is 0.232 e. The molecular formula is C16H23F2NO2. The molecule has 0 bridgehead atoms. The number of aliphatic hydroxyl groups is 1. The van der Waals surface area contributed by atoms with E-state index in [2.05, 4.69) is 4.90 Å². The smallest absolute Gasteiger partial charge is 0.232 e. The maximum absolute atomic E-state index is 14.4. The highest BCUT2D eigenvalue weighted by molar-refractivity contribution is 5.31. The fourth-order valence-corrected chi connectivity index (χ4v) is 2.91. The van der Waals surface area contributed by atoms with E-state index in [9.17, 15) is 13.9 Å². The molecule has 2 rings (SSSR count). The number of benzene rings is 1. The van der Waals surface area contributed by atoms with E-state index in [0.29, 0.717) is 12.2 Å². The van der Waals surface area contributed by atoms with Gasteiger partial charge in [-0.1, -0.05) is 18.2 Å². The van der Waals surface area contributed by atoms with Gasteiger partial charge in [0.25, 0.3) is 0 Å². The molecule has 0 spiro atoms. The third kappa shape index (κ3) is 3.99. The fraction of sp³-hybridized carbons (Fsp3) is 0.625. The van der Waals surface area contributed by atoms with Crippen LogP contribution in [-0.2, 0) is 10.6 Å². The van der Waals surface area contributed by atoms with Crippen LogP contribution in [0, 0.1) is 5.82 Å². The minimum Gasteiger partial charge on any atom is -0.383 e. The van der Waals surface area contributed by atoms with Gasteiger partial charge in [-0.3, -0.25) is 0 Å². The predicted octanol–water partition coefficient (Wildman–Crippen LogP) is 2.79. The quantitative estimate of drug-likeness (QED) is 0.907. The average Bonchev–Trinajstić information content (AvgIpc) is 2.45. The Morgan fingerprint density at radius 3 is 2.62 bits per heavy atom. The molecule has 1 saturated heterocycles. The fourth-order valence-electron chi connectivity index (χ4n) is 2.91. The van der Waals surface area contributed by atoms with E-state index < -0.39 is 11.7 Å². The van der Waals surface area contributed by atoms with E-state index in [0.717, 1.165) is 39.4 Å². The molecule has 1 aromatic carbocycles. The van der Waals surface area contributed by atoms with Crippen LogP contribution in [0.15, 0.2) is 18.2 Å². The topological polar surface area (TPSA) is 32.7 Å². The van der Waals surface area contributed by atoms with Crippen molar-refractivity contribution in [3.63, 3.8) is 0 Å². The van der Waals surface area contributed by atoms with Crippen LogP contribution in [0.25, 0.3) is 0 Å². The molecule has 1 aliphatic rings. The van der Waals surface area contributed by atoms with Gasteiger partial charge in [0.1, 0.15) is 5.82 Å². The highest BCUT2D eigenvalue weighted by Gasteiger charge is 2.30. The van der Waals surface area contributed by atoms with Gasteiger partial charge < -0.3 is 14.7 Å². The lowest BCUT2D eigenvalue weighted by Crippen LogP contribution is -2.35. The Hall–Kier alpha value is -1.04. The molecule has 1 N–H and O–H groups in total. The van der Waals surface area contributed by atoms with E-state index in [-0.39, 0.29) is 11.5 Å². The summed E-state index contributed by atoms with van der Waals surface area (Å²) in [5.74, 6) is -3.18. The second-order valence-electron chi connectivity index (χ2n) is 5.77. The number of hydrogen-bond acceptors (Lipinski definition) is 3. The van der Waals surface area contributed by atoms with Crippen LogP contribution in [0.1, 0.15) is 36.8 Å². The zero-order valence-electron chi connectivity index (χ0n) is 12.6. The number of ether oxygens (including phenoxy) is 1. The van der Waals surface area contributed by atoms with E-state index in [4.69, 9.17) is 4.74 Å². The minimum atomic E-state index is -2.64. The Morgan fingerprint density at radius 2 is 2.05 bits per heavy atom. The zero-order chi connectivity index (χ0) is 15.5. The number of rotatable bonds is 5. The molecule has 1 fully saturated rings. The summed E-state index contributed by atoms with van der Waals surface area (Å²) in [4.78, 5) is 2.28. The largest absolute Gasteiger partial charge is 0.383 e. The number of hydrogen-bond donors (Lipinski definition) is 1. The monoisotopic (exact) mass is 299 g/mol. The highest BCUT2D eigenvalue weighted by atomic mass is 19.2. The number of likely N-dealkylation sites (tertiary alicyclic amines) is 1. The minimum absolute atomic E-state index is 0.0751. The molecule has 1 aromatic rings. The first-order valence-electron chi connectivity index (χ1n) is 7.35. The van der Waals surface area contributed by atoms with Gasteiger partial charge in [0, 0.05) is 13.7 Å². The van der Waals surface area contributed by atoms with Gasteiger partial charge in [-0.2, -0.15) is 0 Å². The van der Waals surface area contributed by atoms with Crippen LogP contribution in [0.4, 0.5) is 8.78 Å². The highest BCUT2D eigenvalue weighted by Crippen LogP contribution is 2.34. The first-order chi connectivity index (χ1) is 9.93. The molecule has 1 aliphatic heterocycles. The Bertz CT molecular complexity index is 466. The van der Waals surface area contributed by atoms with Gasteiger partial charge >= 0.3 is 0 Å². The van der Waals surface area contributed by atoms with Crippen molar-refractivity contribution in [1.82, 2.24) is 4.90 Å². The van der Waals surface area contributed by atoms with E-state index in [1.54, 1.807) is 19.2 Å². The van der Waals surface area contributed by atoms with Crippen LogP contribution in [0.3, 0.4) is 0 Å². The Labute approximate surface area is 124 Å². The van der Waals surface area contributed by atoms with Crippen molar-refractivity contribution in [1.29, 1.82) is 0 Å². The third-order valence-corrected chi connectivity index (χ3v) is 4.16. The Morgan fingerprint density at radius 1 is 1.38 bits per heavy atom. The summed E-state index contributed by atoms with van der Waals surface area (Å²) in [6.07, 6.45) is 1.66. The number of alkyl halides is 1. The molecule has 0 amide bonds. The average molecular weight is 299 g/mol. The maximum atomic E-state index is 14.4. The van der Waals surface area contributed by atoms with Crippen LogP contribution >= 0.6 is 0 Å². The van der Waals surface area contributed by atoms with Gasteiger partial charge in [-0.15, -0.1) is 0 Å². The van der Waals surface area contributed by atoms with E-state index >= 15 is 0 Å². The summed E-state index contributed by atoms with van der Waals surface area (Å²) >= 11 is 0. The molecule has 0 aliphatic carbocycles. The van der Waals surface area contributed by atoms with Crippen molar-refractivity contribution >= 4 is 0 Å². The van der Waals surface area contributed by atoms with E-state index in [1.807, 2.05) is 0 Å². The van der Waals surface area contributed by atoms with Gasteiger partial charge in [0.2, 0.25) is 5.85 Å². The second-order valence-corrected chi connectivity index (χ2v) is 5.77. The lowest BCUT2D eigenvalue weighted by molar-refractivity contribution is -0.0796. The van der Waals surface area contributed by atoms with Crippen molar-refractivity contribution in [2.75, 3.05) is 33.4 Å². The summed E-state index contributed by atoms with van der Waals surface area (Å²) in [6.45, 7) is 4.29. The van der Waals surface area contributed by atoms with Gasteiger partial charge in [-0.05, 0) is 44.3 Å². The standard InChI is InChI=1S/C16H23F2NO2/c1-16(18,20)14-5-3-4-13(15(14)17)12-6-8-19(9-7-12)10-11-21-2/h3-5,12,20H,6-11H2,1-2H3. The molecule has 0 aromatic heterocycles. The summed E-state index contributed by atoms with van der Waals surface area (Å²) < 4.78 is 33.1. The van der Waals surface area contributed by atoms with E-state index in [1.165, 1.54) is 6.07 Å². The van der Waals surface area contributed by atoms with Crippen LogP contribution < -0.4 is 0 Å². The number of halogens is 2. The molecular weight excluding hydrogens is 276 g/mol. The summed E-state index contributed by atoms with van der Waals surface area (Å²) in [7, 11) is 1.68. The Kier molecular flexibility index (Phi) is 5.30. The van der Waals surface area contributed by atoms with Crippen molar-refractivity contribution < 1.29 is 18.6 Å². The van der Waals surface area contributed by atoms with Crippen LogP contribution in [0.2, 0.25) is 0 Å². The van der Waals surface area contributed by atoms with Crippen LogP contribution in [-0.4, -0.2) is 43.4 Å². The molecule has 1 unspecified atom stereocenters. The molecule has 3 nitrogen and oxygen atoms in total. The molecule has 5 heteroatoms. The lowest BCUT2D eigenvalue weighted by atomic mass is 9.87. The Balaban J connectivity index is 2.07. The first-order valence-corrected chi connectivity index (χ1v) is 7.35. The van der Waals surface area contributed by atoms with Gasteiger partial charge in [0.15, 0.2) is 0 Å². The molecule has 1 atom stereocenters. The molecule has 118 valence electrons. The van der Waals surface area contributed by atoms with Crippen molar-refractivity contribution in [2.45, 2.75) is 31.5 Å². The normalized spacial score (nSPS) is 20.4. The molecule has 0 radical (unpaired) electrons. The second kappa shape index (κ2) is 6.81. The molecule has 0 saturated carbocycles. The summed E-state index contributed by atoms with van der Waals surface area (Å²) in [5, 5.41) is 9.40. The molecule has 21 heavy (non-hydrogen) atoms. The summed E-state index contributed by atoms with van der Waals surface area (Å²) in [5.41, 5.74) is 0.235. The number of piperidine rings is 1. The zero-order valence-corrected chi connectivity index (χ0v) is 12.6. The van der Waals surface area contributed by atoms with Gasteiger partial charge in [-0.25, -0.2) is 8.78 Å². The van der Waals surface area contributed by atoms with Crippen molar-refractivity contribution in [3.8, 4) is 0 Å². The van der Waals surface area contributed by atoms with Gasteiger partial charge in [0.05, 0.1) is 12.2 Å². The van der Waals surface area contributed by atoms with Crippen molar-refractivity contribution in [3.05, 3.63) is 35.1 Å². The third-order valence-electron chi connectivity index (χ3n) is 4.16. The van der Waals surface area contributed by atoms with Crippen LogP contribution in [0.5, 0.6) is 0 Å². The van der Waals surface area contributed by atoms with Crippen molar-refractivity contribution in [2.24, 2.45) is 0 Å². The SMILES string of the molecule is COCCN1CCC(c2cccc(C(C)(O)F)c2F)CC1. The number of methoxy groups -OCH3 is 1. The molecule has 1 heterocycles. The predicted molar refractivity (Wildman–Crippen MR) is 77.4 cm³/mol. The summed E-state index contributed by atoms with van der Waals surface area (Å²) in [6, 6.07) is 4.60. The first kappa shape index (κ1) is 16.3.